The summed E-state index contributed by atoms with van der Waals surface area (Å²) in [5.41, 5.74) is 0.233. The summed E-state index contributed by atoms with van der Waals surface area (Å²) in [5.74, 6) is 1.97. The van der Waals surface area contributed by atoms with Crippen LogP contribution in [-0.4, -0.2) is 48.0 Å². The minimum Gasteiger partial charge on any atom is -0.360 e. The van der Waals surface area contributed by atoms with Gasteiger partial charge in [0.1, 0.15) is 0 Å². The molecule has 0 aromatic heterocycles. The van der Waals surface area contributed by atoms with Crippen LogP contribution < -0.4 is 5.32 Å². The fourth-order valence-electron chi connectivity index (χ4n) is 2.26. The summed E-state index contributed by atoms with van der Waals surface area (Å²) < 4.78 is 0. The molecule has 4 heteroatoms. The summed E-state index contributed by atoms with van der Waals surface area (Å²) in [6, 6.07) is 0. The molecule has 0 bridgehead atoms. The molecule has 1 N–H and O–H groups in total. The Morgan fingerprint density at radius 2 is 2.38 bits per heavy atom. The molecule has 2 fully saturated rings. The Labute approximate surface area is 103 Å². The number of nitrogens with one attached hydrogen (secondary N) is 1. The maximum atomic E-state index is 4.74. The number of hydrogen-bond acceptors (Lipinski definition) is 3. The Hall–Kier alpha value is -0.220. The molecule has 16 heavy (non-hydrogen) atoms. The molecule has 0 aliphatic carbocycles. The van der Waals surface area contributed by atoms with Crippen LogP contribution in [0.3, 0.4) is 0 Å². The van der Waals surface area contributed by atoms with Crippen molar-refractivity contribution in [3.8, 4) is 0 Å². The lowest BCUT2D eigenvalue weighted by molar-refractivity contribution is 0.397. The summed E-state index contributed by atoms with van der Waals surface area (Å²) in [5, 5.41) is 4.69. The number of likely N-dealkylation sites (tertiary alicyclic amines) is 1. The molecule has 0 saturated carbocycles. The van der Waals surface area contributed by atoms with Crippen LogP contribution in [0.4, 0.5) is 0 Å². The molecule has 1 unspecified atom stereocenters. The first-order valence-electron chi connectivity index (χ1n) is 6.19. The maximum Gasteiger partial charge on any atom is 0.156 e. The molecule has 1 atom stereocenters. The van der Waals surface area contributed by atoms with Crippen LogP contribution in [-0.2, 0) is 0 Å². The quantitative estimate of drug-likeness (QED) is 0.799. The van der Waals surface area contributed by atoms with Crippen molar-refractivity contribution in [3.05, 3.63) is 0 Å². The first-order valence-corrected chi connectivity index (χ1v) is 7.18. The minimum atomic E-state index is 0.233. The van der Waals surface area contributed by atoms with Gasteiger partial charge in [0.2, 0.25) is 0 Å². The molecule has 92 valence electrons. The average Bonchev–Trinajstić information content (AvgIpc) is 2.60. The molecule has 0 radical (unpaired) electrons. The molecule has 0 spiro atoms. The highest BCUT2D eigenvalue weighted by Crippen LogP contribution is 2.22. The van der Waals surface area contributed by atoms with Gasteiger partial charge in [-0.05, 0) is 46.2 Å². The SMILES string of the molecule is CN1CCC(CN=C2NC(C)(C)CCS2)C1. The molecule has 2 heterocycles. The van der Waals surface area contributed by atoms with E-state index >= 15 is 0 Å². The van der Waals surface area contributed by atoms with Crippen LogP contribution in [0.25, 0.3) is 0 Å². The average molecular weight is 241 g/mol. The number of rotatable bonds is 2. The van der Waals surface area contributed by atoms with Gasteiger partial charge in [0, 0.05) is 24.4 Å². The van der Waals surface area contributed by atoms with Crippen LogP contribution >= 0.6 is 11.8 Å². The largest absolute Gasteiger partial charge is 0.360 e. The lowest BCUT2D eigenvalue weighted by Crippen LogP contribution is -2.46. The third kappa shape index (κ3) is 3.39. The number of thioether (sulfide) groups is 1. The van der Waals surface area contributed by atoms with E-state index in [9.17, 15) is 0 Å². The molecule has 2 rings (SSSR count). The minimum absolute atomic E-state index is 0.233. The van der Waals surface area contributed by atoms with E-state index in [0.29, 0.717) is 0 Å². The predicted octanol–water partition coefficient (Wildman–Crippen LogP) is 1.80. The van der Waals surface area contributed by atoms with Gasteiger partial charge in [-0.2, -0.15) is 0 Å². The normalized spacial score (nSPS) is 32.9. The van der Waals surface area contributed by atoms with E-state index in [0.717, 1.165) is 17.6 Å². The third-order valence-electron chi connectivity index (χ3n) is 3.39. The van der Waals surface area contributed by atoms with E-state index in [1.165, 1.54) is 31.7 Å². The van der Waals surface area contributed by atoms with E-state index in [2.05, 4.69) is 31.1 Å². The second-order valence-electron chi connectivity index (χ2n) is 5.67. The Balaban J connectivity index is 1.83. The molecule has 0 amide bonds. The summed E-state index contributed by atoms with van der Waals surface area (Å²) >= 11 is 1.87. The second kappa shape index (κ2) is 4.96. The first-order chi connectivity index (χ1) is 7.55. The highest BCUT2D eigenvalue weighted by molar-refractivity contribution is 8.13. The molecule has 0 aromatic carbocycles. The maximum absolute atomic E-state index is 4.74. The van der Waals surface area contributed by atoms with Crippen molar-refractivity contribution >= 4 is 16.9 Å². The van der Waals surface area contributed by atoms with E-state index in [4.69, 9.17) is 4.99 Å². The highest BCUT2D eigenvalue weighted by Gasteiger charge is 2.25. The van der Waals surface area contributed by atoms with Crippen LogP contribution in [0, 0.1) is 5.92 Å². The Morgan fingerprint density at radius 3 is 3.00 bits per heavy atom. The molecule has 2 saturated heterocycles. The van der Waals surface area contributed by atoms with Gasteiger partial charge in [0.15, 0.2) is 5.17 Å². The zero-order valence-electron chi connectivity index (χ0n) is 10.6. The van der Waals surface area contributed by atoms with Crippen molar-refractivity contribution in [2.75, 3.05) is 32.4 Å². The zero-order valence-corrected chi connectivity index (χ0v) is 11.4. The number of hydrogen-bond donors (Lipinski definition) is 1. The molecule has 2 aliphatic rings. The summed E-state index contributed by atoms with van der Waals surface area (Å²) in [6.45, 7) is 7.96. The van der Waals surface area contributed by atoms with Crippen LogP contribution in [0.5, 0.6) is 0 Å². The van der Waals surface area contributed by atoms with Crippen LogP contribution in [0.15, 0.2) is 4.99 Å². The fraction of sp³-hybridized carbons (Fsp3) is 0.917. The lowest BCUT2D eigenvalue weighted by Gasteiger charge is -2.32. The fourth-order valence-corrected chi connectivity index (χ4v) is 3.58. The molecular formula is C12H23N3S. The van der Waals surface area contributed by atoms with Crippen molar-refractivity contribution in [1.29, 1.82) is 0 Å². The van der Waals surface area contributed by atoms with Crippen molar-refractivity contribution < 1.29 is 0 Å². The zero-order chi connectivity index (χ0) is 11.6. The monoisotopic (exact) mass is 241 g/mol. The smallest absolute Gasteiger partial charge is 0.156 e. The van der Waals surface area contributed by atoms with Gasteiger partial charge < -0.3 is 10.2 Å². The van der Waals surface area contributed by atoms with Gasteiger partial charge in [-0.25, -0.2) is 0 Å². The van der Waals surface area contributed by atoms with Crippen molar-refractivity contribution in [3.63, 3.8) is 0 Å². The van der Waals surface area contributed by atoms with Crippen LogP contribution in [0.1, 0.15) is 26.7 Å². The highest BCUT2D eigenvalue weighted by atomic mass is 32.2. The van der Waals surface area contributed by atoms with Gasteiger partial charge >= 0.3 is 0 Å². The lowest BCUT2D eigenvalue weighted by atomic mass is 10.0. The third-order valence-corrected chi connectivity index (χ3v) is 4.31. The topological polar surface area (TPSA) is 27.6 Å². The Bertz CT molecular complexity index is 275. The van der Waals surface area contributed by atoms with Gasteiger partial charge in [-0.15, -0.1) is 0 Å². The molecular weight excluding hydrogens is 218 g/mol. The molecule has 0 aromatic rings. The number of nitrogens with zero attached hydrogens (tertiary/aromatic N) is 2. The van der Waals surface area contributed by atoms with E-state index in [1.807, 2.05) is 11.8 Å². The number of amidine groups is 1. The van der Waals surface area contributed by atoms with Gasteiger partial charge in [-0.1, -0.05) is 11.8 Å². The van der Waals surface area contributed by atoms with Gasteiger partial charge in [0.25, 0.3) is 0 Å². The Kier molecular flexibility index (Phi) is 3.80. The standard InChI is InChI=1S/C12H23N3S/c1-12(2)5-7-16-11(14-12)13-8-10-4-6-15(3)9-10/h10H,4-9H2,1-3H3,(H,13,14). The van der Waals surface area contributed by atoms with Crippen molar-refractivity contribution in [2.45, 2.75) is 32.2 Å². The predicted molar refractivity (Wildman–Crippen MR) is 72.2 cm³/mol. The van der Waals surface area contributed by atoms with Crippen molar-refractivity contribution in [2.24, 2.45) is 10.9 Å². The molecule has 3 nitrogen and oxygen atoms in total. The summed E-state index contributed by atoms with van der Waals surface area (Å²) in [7, 11) is 2.20. The summed E-state index contributed by atoms with van der Waals surface area (Å²) in [4.78, 5) is 7.14. The first kappa shape index (κ1) is 12.2. The van der Waals surface area contributed by atoms with E-state index in [1.54, 1.807) is 0 Å². The second-order valence-corrected chi connectivity index (χ2v) is 6.75. The van der Waals surface area contributed by atoms with Crippen molar-refractivity contribution in [1.82, 2.24) is 10.2 Å². The Morgan fingerprint density at radius 1 is 1.56 bits per heavy atom. The number of aliphatic imine (C=N–C) groups is 1. The molecule has 2 aliphatic heterocycles. The van der Waals surface area contributed by atoms with Gasteiger partial charge in [-0.3, -0.25) is 4.99 Å². The van der Waals surface area contributed by atoms with Crippen LogP contribution in [0.2, 0.25) is 0 Å². The van der Waals surface area contributed by atoms with E-state index in [-0.39, 0.29) is 5.54 Å². The van der Waals surface area contributed by atoms with Gasteiger partial charge in [0.05, 0.1) is 0 Å². The van der Waals surface area contributed by atoms with E-state index < -0.39 is 0 Å². The summed E-state index contributed by atoms with van der Waals surface area (Å²) in [6.07, 6.45) is 2.53.